The Balaban J connectivity index is 0.000000188. The lowest BCUT2D eigenvalue weighted by Crippen LogP contribution is -1.86. The molecule has 0 bridgehead atoms. The van der Waals surface area contributed by atoms with Gasteiger partial charge in [0.25, 0.3) is 0 Å². The molecule has 0 radical (unpaired) electrons. The molecule has 0 saturated carbocycles. The molecular weight excluding hydrogens is 268 g/mol. The van der Waals surface area contributed by atoms with Gasteiger partial charge in [-0.3, -0.25) is 0 Å². The smallest absolute Gasteiger partial charge is 0.0315 e. The fourth-order valence-electron chi connectivity index (χ4n) is 1.68. The highest BCUT2D eigenvalue weighted by Crippen LogP contribution is 2.05. The van der Waals surface area contributed by atoms with Crippen LogP contribution in [0.15, 0.2) is 84.9 Å². The Bertz CT molecular complexity index is 672. The lowest BCUT2D eigenvalue weighted by Gasteiger charge is -1.90. The minimum Gasteiger partial charge on any atom is -0.399 e. The molecule has 4 N–H and O–H groups in total. The summed E-state index contributed by atoms with van der Waals surface area (Å²) in [5.41, 5.74) is 14.3. The fraction of sp³-hybridized carbons (Fsp3) is 0. The van der Waals surface area contributed by atoms with Gasteiger partial charge in [-0.05, 0) is 48.5 Å². The topological polar surface area (TPSA) is 52.0 Å². The minimum absolute atomic E-state index is 0.749. The van der Waals surface area contributed by atoms with Gasteiger partial charge in [0.15, 0.2) is 0 Å². The van der Waals surface area contributed by atoms with Crippen molar-refractivity contribution in [3.8, 4) is 11.8 Å². The van der Waals surface area contributed by atoms with Gasteiger partial charge >= 0.3 is 0 Å². The van der Waals surface area contributed by atoms with Gasteiger partial charge in [-0.25, -0.2) is 0 Å². The monoisotopic (exact) mass is 286 g/mol. The van der Waals surface area contributed by atoms with Crippen molar-refractivity contribution in [1.29, 1.82) is 0 Å². The van der Waals surface area contributed by atoms with E-state index in [9.17, 15) is 0 Å². The van der Waals surface area contributed by atoms with Crippen LogP contribution in [0.25, 0.3) is 0 Å². The minimum atomic E-state index is 0.749. The molecule has 0 atom stereocenters. The van der Waals surface area contributed by atoms with E-state index in [1.54, 1.807) is 24.3 Å². The molecular formula is C20H18N2. The summed E-state index contributed by atoms with van der Waals surface area (Å²) in [5, 5.41) is 0. The summed E-state index contributed by atoms with van der Waals surface area (Å²) in [7, 11) is 0. The first-order chi connectivity index (χ1) is 10.7. The summed E-state index contributed by atoms with van der Waals surface area (Å²) in [6, 6.07) is 27.1. The van der Waals surface area contributed by atoms with Crippen molar-refractivity contribution in [3.63, 3.8) is 0 Å². The van der Waals surface area contributed by atoms with Crippen molar-refractivity contribution in [3.05, 3.63) is 96.1 Å². The molecule has 3 aromatic carbocycles. The van der Waals surface area contributed by atoms with Crippen molar-refractivity contribution in [2.45, 2.75) is 0 Å². The van der Waals surface area contributed by atoms with Crippen LogP contribution in [0.3, 0.4) is 0 Å². The molecule has 0 amide bonds. The summed E-state index contributed by atoms with van der Waals surface area (Å²) >= 11 is 0. The first kappa shape index (κ1) is 15.2. The van der Waals surface area contributed by atoms with Gasteiger partial charge in [0.05, 0.1) is 0 Å². The van der Waals surface area contributed by atoms with Crippen LogP contribution in [-0.4, -0.2) is 0 Å². The van der Waals surface area contributed by atoms with Crippen LogP contribution in [0, 0.1) is 11.8 Å². The van der Waals surface area contributed by atoms with Gasteiger partial charge in [-0.2, -0.15) is 0 Å². The van der Waals surface area contributed by atoms with Gasteiger partial charge in [-0.1, -0.05) is 48.2 Å². The second kappa shape index (κ2) is 8.18. The van der Waals surface area contributed by atoms with E-state index in [2.05, 4.69) is 11.8 Å². The van der Waals surface area contributed by atoms with Crippen LogP contribution < -0.4 is 11.5 Å². The zero-order valence-corrected chi connectivity index (χ0v) is 12.2. The Morgan fingerprint density at radius 1 is 0.455 bits per heavy atom. The van der Waals surface area contributed by atoms with E-state index in [1.807, 2.05) is 60.7 Å². The Morgan fingerprint density at radius 2 is 0.773 bits per heavy atom. The fourth-order valence-corrected chi connectivity index (χ4v) is 1.68. The average molecular weight is 286 g/mol. The van der Waals surface area contributed by atoms with Crippen LogP contribution >= 0.6 is 0 Å². The third-order valence-electron chi connectivity index (χ3n) is 2.84. The Morgan fingerprint density at radius 3 is 1.09 bits per heavy atom. The van der Waals surface area contributed by atoms with Gasteiger partial charge in [-0.15, -0.1) is 0 Å². The second-order valence-corrected chi connectivity index (χ2v) is 4.65. The van der Waals surface area contributed by atoms with E-state index >= 15 is 0 Å². The molecule has 2 nitrogen and oxygen atoms in total. The Labute approximate surface area is 131 Å². The number of hydrogen-bond donors (Lipinski definition) is 2. The van der Waals surface area contributed by atoms with Gasteiger partial charge < -0.3 is 11.5 Å². The zero-order valence-electron chi connectivity index (χ0n) is 12.2. The predicted molar refractivity (Wildman–Crippen MR) is 94.1 cm³/mol. The van der Waals surface area contributed by atoms with Crippen molar-refractivity contribution in [2.24, 2.45) is 0 Å². The maximum atomic E-state index is 5.37. The molecule has 0 aromatic heterocycles. The number of anilines is 2. The van der Waals surface area contributed by atoms with E-state index in [1.165, 1.54) is 0 Å². The van der Waals surface area contributed by atoms with Gasteiger partial charge in [0, 0.05) is 22.5 Å². The highest BCUT2D eigenvalue weighted by molar-refractivity contribution is 5.47. The summed E-state index contributed by atoms with van der Waals surface area (Å²) in [6.07, 6.45) is 0. The standard InChI is InChI=1S/C14H10.C6H8N2/c1-3-7-13(8-4-1)11-12-14-9-5-2-6-10-14;7-5-1-2-6(8)4-3-5/h1-10H;1-4H,7-8H2. The first-order valence-corrected chi connectivity index (χ1v) is 6.97. The summed E-state index contributed by atoms with van der Waals surface area (Å²) in [6.45, 7) is 0. The van der Waals surface area contributed by atoms with Crippen molar-refractivity contribution >= 4 is 11.4 Å². The van der Waals surface area contributed by atoms with Crippen LogP contribution in [0.1, 0.15) is 11.1 Å². The summed E-state index contributed by atoms with van der Waals surface area (Å²) in [5.74, 6) is 6.22. The number of nitrogen functional groups attached to an aromatic ring is 2. The van der Waals surface area contributed by atoms with Crippen LogP contribution in [0.2, 0.25) is 0 Å². The number of benzene rings is 3. The third kappa shape index (κ3) is 5.44. The molecule has 2 heteroatoms. The predicted octanol–water partition coefficient (Wildman–Crippen LogP) is 3.94. The molecule has 0 heterocycles. The Kier molecular flexibility index (Phi) is 5.66. The lowest BCUT2D eigenvalue weighted by atomic mass is 10.2. The average Bonchev–Trinajstić information content (AvgIpc) is 2.58. The third-order valence-corrected chi connectivity index (χ3v) is 2.84. The van der Waals surface area contributed by atoms with Crippen molar-refractivity contribution in [2.75, 3.05) is 11.5 Å². The molecule has 3 rings (SSSR count). The quantitative estimate of drug-likeness (QED) is 0.486. The SMILES string of the molecule is C(#Cc1ccccc1)c1ccccc1.Nc1ccc(N)cc1. The second-order valence-electron chi connectivity index (χ2n) is 4.65. The summed E-state index contributed by atoms with van der Waals surface area (Å²) in [4.78, 5) is 0. The molecule has 0 aliphatic rings. The molecule has 0 spiro atoms. The number of hydrogen-bond acceptors (Lipinski definition) is 2. The first-order valence-electron chi connectivity index (χ1n) is 6.97. The summed E-state index contributed by atoms with van der Waals surface area (Å²) < 4.78 is 0. The van der Waals surface area contributed by atoms with Crippen molar-refractivity contribution in [1.82, 2.24) is 0 Å². The van der Waals surface area contributed by atoms with E-state index in [-0.39, 0.29) is 0 Å². The molecule has 0 aliphatic carbocycles. The molecule has 0 saturated heterocycles. The van der Waals surface area contributed by atoms with E-state index in [0.29, 0.717) is 0 Å². The largest absolute Gasteiger partial charge is 0.399 e. The highest BCUT2D eigenvalue weighted by Gasteiger charge is 1.83. The van der Waals surface area contributed by atoms with Gasteiger partial charge in [0.2, 0.25) is 0 Å². The van der Waals surface area contributed by atoms with Crippen LogP contribution in [0.4, 0.5) is 11.4 Å². The Hall–Kier alpha value is -3.18. The van der Waals surface area contributed by atoms with E-state index in [0.717, 1.165) is 22.5 Å². The molecule has 0 unspecified atom stereocenters. The zero-order chi connectivity index (χ0) is 15.6. The molecule has 108 valence electrons. The maximum Gasteiger partial charge on any atom is 0.0315 e. The van der Waals surface area contributed by atoms with E-state index in [4.69, 9.17) is 11.5 Å². The lowest BCUT2D eigenvalue weighted by molar-refractivity contribution is 1.62. The van der Waals surface area contributed by atoms with Crippen LogP contribution in [0.5, 0.6) is 0 Å². The molecule has 0 aliphatic heterocycles. The normalized spacial score (nSPS) is 8.91. The van der Waals surface area contributed by atoms with Crippen LogP contribution in [-0.2, 0) is 0 Å². The van der Waals surface area contributed by atoms with Gasteiger partial charge in [0.1, 0.15) is 0 Å². The number of nitrogens with two attached hydrogens (primary N) is 2. The molecule has 0 fully saturated rings. The maximum absolute atomic E-state index is 5.37. The van der Waals surface area contributed by atoms with Crippen molar-refractivity contribution < 1.29 is 0 Å². The molecule has 3 aromatic rings. The van der Waals surface area contributed by atoms with E-state index < -0.39 is 0 Å². The highest BCUT2D eigenvalue weighted by atomic mass is 14.6. The number of rotatable bonds is 0. The molecule has 22 heavy (non-hydrogen) atoms.